The van der Waals surface area contributed by atoms with Crippen LogP contribution in [0.2, 0.25) is 5.02 Å². The molecule has 0 aliphatic rings. The van der Waals surface area contributed by atoms with Crippen molar-refractivity contribution in [2.75, 3.05) is 6.61 Å². The number of nitrogens with one attached hydrogen (secondary N) is 1. The largest absolute Gasteiger partial charge is 0.494 e. The van der Waals surface area contributed by atoms with Crippen molar-refractivity contribution in [2.24, 2.45) is 4.99 Å². The molecule has 1 rings (SSSR count). The highest BCUT2D eigenvalue weighted by atomic mass is 35.5. The van der Waals surface area contributed by atoms with Gasteiger partial charge in [0.1, 0.15) is 16.3 Å². The Hall–Kier alpha value is -1.86. The van der Waals surface area contributed by atoms with Crippen molar-refractivity contribution < 1.29 is 17.9 Å². The minimum atomic E-state index is -4.14. The number of aliphatic imine (C=N–C) groups is 1. The van der Waals surface area contributed by atoms with Crippen LogP contribution in [0.1, 0.15) is 27.7 Å². The summed E-state index contributed by atoms with van der Waals surface area (Å²) in [5, 5.41) is -0.00838. The number of halogens is 1. The molecule has 1 aromatic carbocycles. The number of carbonyl (C=O) groups is 1. The molecule has 0 unspecified atom stereocenters. The fraction of sp³-hybridized carbons (Fsp3) is 0.333. The molecule has 1 amide bonds. The van der Waals surface area contributed by atoms with Gasteiger partial charge in [-0.25, -0.2) is 13.1 Å². The quantitative estimate of drug-likeness (QED) is 0.625. The topological polar surface area (TPSA) is 84.8 Å². The fourth-order valence-electron chi connectivity index (χ4n) is 1.66. The fourth-order valence-corrected chi connectivity index (χ4v) is 3.14. The summed E-state index contributed by atoms with van der Waals surface area (Å²) >= 11 is 5.93. The number of nitrogens with zero attached hydrogens (tertiary/aromatic N) is 1. The molecule has 126 valence electrons. The van der Waals surface area contributed by atoms with Gasteiger partial charge in [-0.3, -0.25) is 9.79 Å². The number of benzene rings is 1. The Morgan fingerprint density at radius 3 is 2.57 bits per heavy atom. The predicted octanol–water partition coefficient (Wildman–Crippen LogP) is 2.93. The first kappa shape index (κ1) is 19.2. The lowest BCUT2D eigenvalue weighted by Crippen LogP contribution is -2.31. The summed E-state index contributed by atoms with van der Waals surface area (Å²) in [5.74, 6) is -0.481. The molecular weight excluding hydrogens is 340 g/mol. The van der Waals surface area contributed by atoms with E-state index >= 15 is 0 Å². The van der Waals surface area contributed by atoms with E-state index in [0.717, 1.165) is 0 Å². The second-order valence-electron chi connectivity index (χ2n) is 4.69. The van der Waals surface area contributed by atoms with Crippen LogP contribution in [0.15, 0.2) is 39.9 Å². The van der Waals surface area contributed by atoms with E-state index in [-0.39, 0.29) is 15.6 Å². The number of rotatable bonds is 6. The van der Waals surface area contributed by atoms with Crippen molar-refractivity contribution in [1.29, 1.82) is 0 Å². The van der Waals surface area contributed by atoms with Gasteiger partial charge in [0.2, 0.25) is 0 Å². The number of hydrogen-bond donors (Lipinski definition) is 1. The molecule has 0 radical (unpaired) electrons. The summed E-state index contributed by atoms with van der Waals surface area (Å²) in [6.07, 6.45) is 1.43. The third-order valence-electron chi connectivity index (χ3n) is 2.58. The third kappa shape index (κ3) is 5.37. The number of amides is 1. The van der Waals surface area contributed by atoms with E-state index in [9.17, 15) is 13.2 Å². The number of ether oxygens (including phenoxy) is 1. The zero-order valence-electron chi connectivity index (χ0n) is 13.4. The molecule has 0 saturated carbocycles. The van der Waals surface area contributed by atoms with Gasteiger partial charge in [-0.1, -0.05) is 17.7 Å². The van der Waals surface area contributed by atoms with Gasteiger partial charge in [0.05, 0.1) is 11.6 Å². The van der Waals surface area contributed by atoms with E-state index in [2.05, 4.69) is 4.99 Å². The summed E-state index contributed by atoms with van der Waals surface area (Å²) in [5.41, 5.74) is 0.632. The Labute approximate surface area is 141 Å². The predicted molar refractivity (Wildman–Crippen MR) is 90.5 cm³/mol. The summed E-state index contributed by atoms with van der Waals surface area (Å²) < 4.78 is 32.0. The van der Waals surface area contributed by atoms with E-state index < -0.39 is 15.9 Å². The van der Waals surface area contributed by atoms with Crippen LogP contribution in [-0.4, -0.2) is 26.6 Å². The monoisotopic (exact) mass is 358 g/mol. The zero-order valence-corrected chi connectivity index (χ0v) is 15.0. The standard InChI is InChI=1S/C15H19ClN2O4S/c1-5-13(17-10(3)4)15(19)18-23(20,21)14-9-11(22-6-2)7-8-12(14)16/h5,7-9H,6H2,1-4H3,(H,18,19)/b13-5-. The van der Waals surface area contributed by atoms with Crippen LogP contribution in [0.4, 0.5) is 0 Å². The van der Waals surface area contributed by atoms with Crippen LogP contribution in [-0.2, 0) is 14.8 Å². The maximum absolute atomic E-state index is 12.4. The van der Waals surface area contributed by atoms with Gasteiger partial charge in [0.25, 0.3) is 15.9 Å². The van der Waals surface area contributed by atoms with Gasteiger partial charge in [-0.15, -0.1) is 0 Å². The van der Waals surface area contributed by atoms with Gasteiger partial charge in [0.15, 0.2) is 0 Å². The molecule has 0 atom stereocenters. The van der Waals surface area contributed by atoms with Crippen molar-refractivity contribution in [1.82, 2.24) is 4.72 Å². The van der Waals surface area contributed by atoms with E-state index in [1.807, 2.05) is 4.72 Å². The molecule has 0 aliphatic carbocycles. The molecule has 8 heteroatoms. The Kier molecular flexibility index (Phi) is 6.78. The van der Waals surface area contributed by atoms with Crippen molar-refractivity contribution in [3.8, 4) is 5.75 Å². The number of hydrogen-bond acceptors (Lipinski definition) is 5. The molecule has 0 fully saturated rings. The average Bonchev–Trinajstić information content (AvgIpc) is 2.46. The zero-order chi connectivity index (χ0) is 17.6. The average molecular weight is 359 g/mol. The van der Waals surface area contributed by atoms with Crippen LogP contribution in [0.3, 0.4) is 0 Å². The van der Waals surface area contributed by atoms with Gasteiger partial charge in [-0.2, -0.15) is 0 Å². The highest BCUT2D eigenvalue weighted by Crippen LogP contribution is 2.26. The summed E-state index contributed by atoms with van der Waals surface area (Å²) in [4.78, 5) is 15.8. The molecule has 0 heterocycles. The summed E-state index contributed by atoms with van der Waals surface area (Å²) in [6.45, 7) is 7.15. The van der Waals surface area contributed by atoms with E-state index in [4.69, 9.17) is 16.3 Å². The molecule has 1 aromatic rings. The molecular formula is C15H19ClN2O4S. The lowest BCUT2D eigenvalue weighted by Gasteiger charge is -2.11. The van der Waals surface area contributed by atoms with Crippen LogP contribution in [0.25, 0.3) is 0 Å². The highest BCUT2D eigenvalue weighted by Gasteiger charge is 2.23. The lowest BCUT2D eigenvalue weighted by atomic mass is 10.3. The van der Waals surface area contributed by atoms with Crippen LogP contribution in [0.5, 0.6) is 5.75 Å². The van der Waals surface area contributed by atoms with Crippen LogP contribution in [0, 0.1) is 0 Å². The molecule has 1 N–H and O–H groups in total. The molecule has 23 heavy (non-hydrogen) atoms. The van der Waals surface area contributed by atoms with Crippen molar-refractivity contribution >= 4 is 33.2 Å². The van der Waals surface area contributed by atoms with Crippen molar-refractivity contribution in [2.45, 2.75) is 32.6 Å². The Bertz CT molecular complexity index is 751. The third-order valence-corrected chi connectivity index (χ3v) is 4.39. The normalized spacial score (nSPS) is 11.8. The highest BCUT2D eigenvalue weighted by molar-refractivity contribution is 7.90. The van der Waals surface area contributed by atoms with E-state index in [1.165, 1.54) is 18.2 Å². The first-order chi connectivity index (χ1) is 10.7. The molecule has 6 nitrogen and oxygen atoms in total. The van der Waals surface area contributed by atoms with Crippen molar-refractivity contribution in [3.05, 3.63) is 35.0 Å². The molecule has 0 spiro atoms. The van der Waals surface area contributed by atoms with Crippen LogP contribution < -0.4 is 9.46 Å². The first-order valence-electron chi connectivity index (χ1n) is 6.89. The van der Waals surface area contributed by atoms with Crippen molar-refractivity contribution in [3.63, 3.8) is 0 Å². The summed E-state index contributed by atoms with van der Waals surface area (Å²) in [6, 6.07) is 4.22. The smallest absolute Gasteiger partial charge is 0.283 e. The second-order valence-corrected chi connectivity index (χ2v) is 6.75. The minimum absolute atomic E-state index is 0.00524. The summed E-state index contributed by atoms with van der Waals surface area (Å²) in [7, 11) is -4.14. The molecule has 0 aromatic heterocycles. The Morgan fingerprint density at radius 1 is 1.39 bits per heavy atom. The number of sulfonamides is 1. The Morgan fingerprint density at radius 2 is 2.04 bits per heavy atom. The van der Waals surface area contributed by atoms with E-state index in [0.29, 0.717) is 18.1 Å². The van der Waals surface area contributed by atoms with Gasteiger partial charge < -0.3 is 4.74 Å². The number of allylic oxidation sites excluding steroid dienone is 1. The van der Waals surface area contributed by atoms with E-state index in [1.54, 1.807) is 33.8 Å². The SMILES string of the molecule is C/C=C(\N=C(C)C)C(=O)NS(=O)(=O)c1cc(OCC)ccc1Cl. The number of carbonyl (C=O) groups excluding carboxylic acids is 1. The first-order valence-corrected chi connectivity index (χ1v) is 8.75. The maximum atomic E-state index is 12.4. The molecule has 0 saturated heterocycles. The Balaban J connectivity index is 3.15. The van der Waals surface area contributed by atoms with Gasteiger partial charge in [0, 0.05) is 11.8 Å². The van der Waals surface area contributed by atoms with Crippen LogP contribution >= 0.6 is 11.6 Å². The second kappa shape index (κ2) is 8.12. The minimum Gasteiger partial charge on any atom is -0.494 e. The van der Waals surface area contributed by atoms with Gasteiger partial charge in [-0.05, 0) is 39.8 Å². The molecule has 0 aliphatic heterocycles. The maximum Gasteiger partial charge on any atom is 0.283 e. The lowest BCUT2D eigenvalue weighted by molar-refractivity contribution is -0.115. The molecule has 0 bridgehead atoms. The van der Waals surface area contributed by atoms with Gasteiger partial charge >= 0.3 is 0 Å².